The molecule has 2 heterocycles. The number of rotatable bonds is 7. The van der Waals surface area contributed by atoms with E-state index in [1.165, 1.54) is 12.8 Å². The average Bonchev–Trinajstić information content (AvgIpc) is 3.37. The van der Waals surface area contributed by atoms with Gasteiger partial charge in [0.15, 0.2) is 0 Å². The molecule has 1 aromatic carbocycles. The van der Waals surface area contributed by atoms with E-state index in [2.05, 4.69) is 4.90 Å². The van der Waals surface area contributed by atoms with Gasteiger partial charge in [-0.3, -0.25) is 4.79 Å². The van der Waals surface area contributed by atoms with Gasteiger partial charge in [-0.05, 0) is 63.7 Å². The average molecular weight is 419 g/mol. The largest absolute Gasteiger partial charge is 0.491 e. The van der Waals surface area contributed by atoms with Crippen LogP contribution in [0.25, 0.3) is 0 Å². The van der Waals surface area contributed by atoms with E-state index in [4.69, 9.17) is 9.47 Å². The van der Waals surface area contributed by atoms with Crippen LogP contribution in [0.2, 0.25) is 0 Å². The first-order valence-electron chi connectivity index (χ1n) is 11.1. The van der Waals surface area contributed by atoms with E-state index in [-0.39, 0.29) is 24.4 Å². The molecule has 1 spiro atoms. The van der Waals surface area contributed by atoms with Crippen LogP contribution in [0.4, 0.5) is 4.39 Å². The molecule has 1 aromatic rings. The fourth-order valence-corrected chi connectivity index (χ4v) is 5.05. The van der Waals surface area contributed by atoms with Crippen molar-refractivity contribution in [3.8, 4) is 5.75 Å². The van der Waals surface area contributed by atoms with Gasteiger partial charge in [-0.2, -0.15) is 0 Å². The Morgan fingerprint density at radius 3 is 2.73 bits per heavy atom. The van der Waals surface area contributed by atoms with Gasteiger partial charge in [0.25, 0.3) is 0 Å². The number of hydrogen-bond donors (Lipinski definition) is 0. The Morgan fingerprint density at radius 1 is 1.30 bits per heavy atom. The van der Waals surface area contributed by atoms with Gasteiger partial charge in [0, 0.05) is 31.6 Å². The van der Waals surface area contributed by atoms with Gasteiger partial charge < -0.3 is 19.3 Å². The molecule has 0 atom stereocenters. The fourth-order valence-electron chi connectivity index (χ4n) is 5.05. The van der Waals surface area contributed by atoms with Gasteiger partial charge in [0.05, 0.1) is 5.56 Å². The summed E-state index contributed by atoms with van der Waals surface area (Å²) in [6.07, 6.45) is 5.22. The van der Waals surface area contributed by atoms with Gasteiger partial charge >= 0.3 is 5.97 Å². The molecule has 30 heavy (non-hydrogen) atoms. The highest BCUT2D eigenvalue weighted by atomic mass is 19.1. The molecule has 6 nitrogen and oxygen atoms in total. The molecule has 1 saturated heterocycles. The number of fused-ring (bicyclic) bond motifs is 2. The Bertz CT molecular complexity index is 785. The first kappa shape index (κ1) is 21.1. The zero-order valence-corrected chi connectivity index (χ0v) is 17.7. The lowest BCUT2D eigenvalue weighted by Crippen LogP contribution is -2.41. The van der Waals surface area contributed by atoms with Gasteiger partial charge in [-0.25, -0.2) is 9.18 Å². The third-order valence-electron chi connectivity index (χ3n) is 6.80. The van der Waals surface area contributed by atoms with Crippen molar-refractivity contribution in [2.45, 2.75) is 44.1 Å². The summed E-state index contributed by atoms with van der Waals surface area (Å²) in [5, 5.41) is 0. The molecule has 164 valence electrons. The van der Waals surface area contributed by atoms with Crippen LogP contribution in [0.15, 0.2) is 18.2 Å². The molecule has 3 aliphatic rings. The Morgan fingerprint density at radius 2 is 2.03 bits per heavy atom. The van der Waals surface area contributed by atoms with E-state index < -0.39 is 12.3 Å². The predicted octanol–water partition coefficient (Wildman–Crippen LogP) is 3.15. The van der Waals surface area contributed by atoms with Crippen molar-refractivity contribution in [1.82, 2.24) is 9.80 Å². The first-order chi connectivity index (χ1) is 14.5. The maximum atomic E-state index is 12.9. The minimum absolute atomic E-state index is 0.0193. The van der Waals surface area contributed by atoms with Crippen molar-refractivity contribution in [3.05, 3.63) is 29.3 Å². The Labute approximate surface area is 177 Å². The number of hydrogen-bond acceptors (Lipinski definition) is 5. The highest BCUT2D eigenvalue weighted by Gasteiger charge is 2.48. The third-order valence-corrected chi connectivity index (χ3v) is 6.80. The molecule has 2 aliphatic heterocycles. The van der Waals surface area contributed by atoms with E-state index in [0.29, 0.717) is 37.0 Å². The van der Waals surface area contributed by atoms with Gasteiger partial charge in [-0.1, -0.05) is 6.07 Å². The quantitative estimate of drug-likeness (QED) is 0.637. The summed E-state index contributed by atoms with van der Waals surface area (Å²) in [6.45, 7) is 3.37. The lowest BCUT2D eigenvalue weighted by Gasteiger charge is -2.37. The molecule has 1 amide bonds. The number of carbonyl (C=O) groups is 2. The van der Waals surface area contributed by atoms with E-state index in [0.717, 1.165) is 31.7 Å². The summed E-state index contributed by atoms with van der Waals surface area (Å²) in [7, 11) is 1.90. The molecule has 1 saturated carbocycles. The third kappa shape index (κ3) is 4.17. The molecular weight excluding hydrogens is 387 g/mol. The van der Waals surface area contributed by atoms with Crippen molar-refractivity contribution in [3.63, 3.8) is 0 Å². The lowest BCUT2D eigenvalue weighted by atomic mass is 9.74. The Hall–Kier alpha value is -2.15. The minimum atomic E-state index is -0.643. The number of nitrogens with zero attached hydrogens (tertiary/aromatic N) is 2. The molecule has 0 N–H and O–H groups in total. The molecule has 0 aromatic heterocycles. The molecule has 2 fully saturated rings. The smallest absolute Gasteiger partial charge is 0.339 e. The maximum absolute atomic E-state index is 12.9. The first-order valence-corrected chi connectivity index (χ1v) is 11.1. The number of carbonyl (C=O) groups excluding carboxylic acids is 2. The normalized spacial score (nSPS) is 25.9. The zero-order chi connectivity index (χ0) is 21.1. The van der Waals surface area contributed by atoms with E-state index in [9.17, 15) is 14.0 Å². The van der Waals surface area contributed by atoms with E-state index in [1.54, 1.807) is 12.1 Å². The van der Waals surface area contributed by atoms with Crippen LogP contribution in [0.1, 0.15) is 54.4 Å². The second-order valence-corrected chi connectivity index (χ2v) is 8.71. The summed E-state index contributed by atoms with van der Waals surface area (Å²) < 4.78 is 23.5. The van der Waals surface area contributed by atoms with Crippen LogP contribution in [0.5, 0.6) is 5.75 Å². The molecule has 7 heteroatoms. The molecule has 1 aliphatic carbocycles. The number of alkyl halides is 1. The number of ether oxygens (including phenoxy) is 2. The van der Waals surface area contributed by atoms with Gasteiger partial charge in [0.2, 0.25) is 5.91 Å². The lowest BCUT2D eigenvalue weighted by molar-refractivity contribution is -0.137. The minimum Gasteiger partial charge on any atom is -0.491 e. The molecule has 0 radical (unpaired) electrons. The topological polar surface area (TPSA) is 59.1 Å². The second kappa shape index (κ2) is 8.92. The number of benzene rings is 1. The van der Waals surface area contributed by atoms with Crippen molar-refractivity contribution < 1.29 is 23.5 Å². The second-order valence-electron chi connectivity index (χ2n) is 8.71. The molecular formula is C23H31FN2O4. The SMILES string of the molecule is CN(CCN1CCCC1)C(=O)C1CCC2(CC1)OC(=O)c1cc(OCCF)ccc12. The van der Waals surface area contributed by atoms with Crippen LogP contribution in [0.3, 0.4) is 0 Å². The number of likely N-dealkylation sites (N-methyl/N-ethyl adjacent to an activating group) is 1. The molecule has 0 bridgehead atoms. The van der Waals surface area contributed by atoms with Crippen LogP contribution in [0, 0.1) is 5.92 Å². The standard InChI is InChI=1S/C23H31FN2O4/c1-25(13-14-26-11-2-3-12-26)21(27)17-6-8-23(9-7-17)20-5-4-18(29-15-10-24)16-19(20)22(28)30-23/h4-5,16-17H,2-3,6-15H2,1H3. The van der Waals surface area contributed by atoms with Crippen LogP contribution < -0.4 is 4.74 Å². The summed E-state index contributed by atoms with van der Waals surface area (Å²) in [5.41, 5.74) is 0.725. The summed E-state index contributed by atoms with van der Waals surface area (Å²) in [6, 6.07) is 5.27. The van der Waals surface area contributed by atoms with E-state index in [1.807, 2.05) is 18.0 Å². The van der Waals surface area contributed by atoms with Crippen LogP contribution >= 0.6 is 0 Å². The zero-order valence-electron chi connectivity index (χ0n) is 17.7. The highest BCUT2D eigenvalue weighted by Crippen LogP contribution is 2.49. The van der Waals surface area contributed by atoms with Crippen molar-refractivity contribution in [2.24, 2.45) is 5.92 Å². The predicted molar refractivity (Wildman–Crippen MR) is 110 cm³/mol. The molecule has 4 rings (SSSR count). The van der Waals surface area contributed by atoms with Crippen LogP contribution in [-0.2, 0) is 15.1 Å². The van der Waals surface area contributed by atoms with Crippen molar-refractivity contribution in [2.75, 3.05) is 46.5 Å². The maximum Gasteiger partial charge on any atom is 0.339 e. The van der Waals surface area contributed by atoms with E-state index >= 15 is 0 Å². The highest BCUT2D eigenvalue weighted by molar-refractivity contribution is 5.95. The number of esters is 1. The van der Waals surface area contributed by atoms with Gasteiger partial charge in [0.1, 0.15) is 24.6 Å². The number of amides is 1. The van der Waals surface area contributed by atoms with Crippen LogP contribution in [-0.4, -0.2) is 68.2 Å². The van der Waals surface area contributed by atoms with Crippen molar-refractivity contribution >= 4 is 11.9 Å². The summed E-state index contributed by atoms with van der Waals surface area (Å²) in [4.78, 5) is 29.7. The Kier molecular flexibility index (Phi) is 6.27. The summed E-state index contributed by atoms with van der Waals surface area (Å²) in [5.74, 6) is 0.296. The fraction of sp³-hybridized carbons (Fsp3) is 0.652. The summed E-state index contributed by atoms with van der Waals surface area (Å²) >= 11 is 0. The number of halogens is 1. The van der Waals surface area contributed by atoms with Gasteiger partial charge in [-0.15, -0.1) is 0 Å². The number of likely N-dealkylation sites (tertiary alicyclic amines) is 1. The molecule has 0 unspecified atom stereocenters. The monoisotopic (exact) mass is 418 g/mol. The van der Waals surface area contributed by atoms with Crippen molar-refractivity contribution in [1.29, 1.82) is 0 Å². The Balaban J connectivity index is 1.36.